The number of nitrogens with zero attached hydrogens (tertiary/aromatic N) is 1. The first-order chi connectivity index (χ1) is 6.89. The molecule has 0 amide bonds. The van der Waals surface area contributed by atoms with Crippen LogP contribution >= 0.6 is 0 Å². The van der Waals surface area contributed by atoms with E-state index < -0.39 is 0 Å². The van der Waals surface area contributed by atoms with Gasteiger partial charge in [0.1, 0.15) is 5.60 Å². The van der Waals surface area contributed by atoms with Crippen LogP contribution in [0, 0.1) is 0 Å². The molecule has 0 radical (unpaired) electrons. The first kappa shape index (κ1) is 8.45. The lowest BCUT2D eigenvalue weighted by molar-refractivity contribution is -0.224. The Kier molecular flexibility index (Phi) is 1.85. The van der Waals surface area contributed by atoms with Crippen molar-refractivity contribution in [2.75, 3.05) is 13.1 Å². The van der Waals surface area contributed by atoms with E-state index in [0.717, 1.165) is 19.5 Å². The van der Waals surface area contributed by atoms with Gasteiger partial charge in [0.05, 0.1) is 0 Å². The Labute approximate surface area is 84.4 Å². The molecule has 2 bridgehead atoms. The maximum Gasteiger partial charge on any atom is 0.116 e. The molecule has 1 aromatic carbocycles. The van der Waals surface area contributed by atoms with Crippen LogP contribution in [0.5, 0.6) is 0 Å². The summed E-state index contributed by atoms with van der Waals surface area (Å²) in [6.45, 7) is 2.20. The van der Waals surface area contributed by atoms with Crippen LogP contribution in [0.1, 0.15) is 24.8 Å². The van der Waals surface area contributed by atoms with Crippen LogP contribution in [-0.4, -0.2) is 18.2 Å². The van der Waals surface area contributed by atoms with Crippen LogP contribution in [0.25, 0.3) is 0 Å². The highest BCUT2D eigenvalue weighted by molar-refractivity contribution is 5.23. The van der Waals surface area contributed by atoms with Crippen molar-refractivity contribution in [1.82, 2.24) is 5.06 Å². The van der Waals surface area contributed by atoms with E-state index in [1.54, 1.807) is 0 Å². The molecule has 0 spiro atoms. The summed E-state index contributed by atoms with van der Waals surface area (Å²) >= 11 is 0. The van der Waals surface area contributed by atoms with Crippen molar-refractivity contribution in [3.05, 3.63) is 35.9 Å². The van der Waals surface area contributed by atoms with Gasteiger partial charge in [0.25, 0.3) is 0 Å². The molecule has 1 aromatic rings. The molecule has 3 rings (SSSR count). The predicted octanol–water partition coefficient (Wildman–Crippen LogP) is 2.31. The number of hydroxylamine groups is 2. The van der Waals surface area contributed by atoms with E-state index >= 15 is 0 Å². The van der Waals surface area contributed by atoms with Crippen molar-refractivity contribution in [3.8, 4) is 0 Å². The highest BCUT2D eigenvalue weighted by atomic mass is 16.7. The molecule has 0 aromatic heterocycles. The van der Waals surface area contributed by atoms with E-state index in [4.69, 9.17) is 4.84 Å². The normalized spacial score (nSPS) is 35.9. The fourth-order valence-corrected chi connectivity index (χ4v) is 2.60. The molecule has 2 aliphatic rings. The highest BCUT2D eigenvalue weighted by Gasteiger charge is 2.43. The molecule has 2 heterocycles. The van der Waals surface area contributed by atoms with E-state index in [9.17, 15) is 0 Å². The van der Waals surface area contributed by atoms with Gasteiger partial charge in [0, 0.05) is 13.1 Å². The Morgan fingerprint density at radius 2 is 1.93 bits per heavy atom. The quantitative estimate of drug-likeness (QED) is 0.672. The average Bonchev–Trinajstić information content (AvgIpc) is 2.57. The summed E-state index contributed by atoms with van der Waals surface area (Å²) < 4.78 is 0. The lowest BCUT2D eigenvalue weighted by atomic mass is 9.87. The van der Waals surface area contributed by atoms with Crippen molar-refractivity contribution in [3.63, 3.8) is 0 Å². The molecule has 2 saturated heterocycles. The molecule has 0 saturated carbocycles. The molecule has 0 aliphatic carbocycles. The van der Waals surface area contributed by atoms with Gasteiger partial charge >= 0.3 is 0 Å². The fourth-order valence-electron chi connectivity index (χ4n) is 2.60. The van der Waals surface area contributed by atoms with Crippen LogP contribution in [0.2, 0.25) is 0 Å². The Hall–Kier alpha value is -0.860. The lowest BCUT2D eigenvalue weighted by Gasteiger charge is -2.33. The summed E-state index contributed by atoms with van der Waals surface area (Å²) in [5, 5.41) is 2.12. The van der Waals surface area contributed by atoms with Crippen LogP contribution < -0.4 is 0 Å². The summed E-state index contributed by atoms with van der Waals surface area (Å²) in [5.74, 6) is 0. The second kappa shape index (κ2) is 3.07. The minimum atomic E-state index is 0.0134. The van der Waals surface area contributed by atoms with Crippen molar-refractivity contribution in [2.45, 2.75) is 24.9 Å². The summed E-state index contributed by atoms with van der Waals surface area (Å²) in [4.78, 5) is 6.00. The second-order valence-electron chi connectivity index (χ2n) is 4.23. The maximum absolute atomic E-state index is 6.00. The molecule has 2 aliphatic heterocycles. The Morgan fingerprint density at radius 3 is 2.79 bits per heavy atom. The fraction of sp³-hybridized carbons (Fsp3) is 0.500. The van der Waals surface area contributed by atoms with E-state index in [-0.39, 0.29) is 5.60 Å². The third kappa shape index (κ3) is 1.18. The standard InChI is InChI=1S/C12H15NO/c1-2-5-11(6-3-1)12-7-4-9-13(14-12)10-8-12/h1-3,5-6H,4,7-10H2. The van der Waals surface area contributed by atoms with Gasteiger partial charge in [-0.3, -0.25) is 4.84 Å². The Balaban J connectivity index is 1.97. The molecule has 74 valence electrons. The molecule has 2 atom stereocenters. The molecule has 2 nitrogen and oxygen atoms in total. The number of rotatable bonds is 1. The van der Waals surface area contributed by atoms with Gasteiger partial charge < -0.3 is 0 Å². The summed E-state index contributed by atoms with van der Waals surface area (Å²) in [5.41, 5.74) is 1.36. The van der Waals surface area contributed by atoms with Gasteiger partial charge in [-0.1, -0.05) is 30.3 Å². The van der Waals surface area contributed by atoms with Crippen molar-refractivity contribution in [2.24, 2.45) is 0 Å². The van der Waals surface area contributed by atoms with Crippen molar-refractivity contribution >= 4 is 0 Å². The second-order valence-corrected chi connectivity index (χ2v) is 4.23. The first-order valence-electron chi connectivity index (χ1n) is 5.39. The Bertz CT molecular complexity index is 320. The van der Waals surface area contributed by atoms with Gasteiger partial charge in [0.15, 0.2) is 0 Å². The van der Waals surface area contributed by atoms with Crippen molar-refractivity contribution < 1.29 is 4.84 Å². The van der Waals surface area contributed by atoms with Gasteiger partial charge in [-0.25, -0.2) is 0 Å². The van der Waals surface area contributed by atoms with Crippen LogP contribution in [0.15, 0.2) is 30.3 Å². The van der Waals surface area contributed by atoms with Gasteiger partial charge in [0.2, 0.25) is 0 Å². The number of benzene rings is 1. The zero-order valence-electron chi connectivity index (χ0n) is 8.28. The first-order valence-corrected chi connectivity index (χ1v) is 5.39. The zero-order valence-corrected chi connectivity index (χ0v) is 8.28. The van der Waals surface area contributed by atoms with Gasteiger partial charge in [-0.05, 0) is 24.8 Å². The van der Waals surface area contributed by atoms with E-state index in [2.05, 4.69) is 35.4 Å². The number of hydrogen-bond donors (Lipinski definition) is 0. The Morgan fingerprint density at radius 1 is 1.07 bits per heavy atom. The monoisotopic (exact) mass is 189 g/mol. The minimum Gasteiger partial charge on any atom is -0.288 e. The summed E-state index contributed by atoms with van der Waals surface area (Å²) in [6.07, 6.45) is 3.58. The smallest absolute Gasteiger partial charge is 0.116 e. The SMILES string of the molecule is c1ccc(C23CCCN(CC2)O3)cc1. The van der Waals surface area contributed by atoms with E-state index in [1.807, 2.05) is 0 Å². The molecule has 2 heteroatoms. The van der Waals surface area contributed by atoms with Gasteiger partial charge in [-0.2, -0.15) is 5.06 Å². The molecule has 0 N–H and O–H groups in total. The van der Waals surface area contributed by atoms with Crippen LogP contribution in [-0.2, 0) is 10.4 Å². The van der Waals surface area contributed by atoms with E-state index in [0.29, 0.717) is 0 Å². The van der Waals surface area contributed by atoms with Crippen molar-refractivity contribution in [1.29, 1.82) is 0 Å². The van der Waals surface area contributed by atoms with Crippen LogP contribution in [0.3, 0.4) is 0 Å². The maximum atomic E-state index is 6.00. The molecular weight excluding hydrogens is 174 g/mol. The van der Waals surface area contributed by atoms with Crippen LogP contribution in [0.4, 0.5) is 0 Å². The summed E-state index contributed by atoms with van der Waals surface area (Å²) in [6, 6.07) is 10.6. The molecular formula is C12H15NO. The number of hydrogen-bond acceptors (Lipinski definition) is 2. The minimum absolute atomic E-state index is 0.0134. The topological polar surface area (TPSA) is 12.5 Å². The molecule has 2 unspecified atom stereocenters. The average molecular weight is 189 g/mol. The summed E-state index contributed by atoms with van der Waals surface area (Å²) in [7, 11) is 0. The molecule has 14 heavy (non-hydrogen) atoms. The van der Waals surface area contributed by atoms with E-state index in [1.165, 1.54) is 18.4 Å². The number of fused-ring (bicyclic) bond motifs is 2. The molecule has 2 fully saturated rings. The largest absolute Gasteiger partial charge is 0.288 e. The third-order valence-electron chi connectivity index (χ3n) is 3.36. The predicted molar refractivity (Wildman–Crippen MR) is 54.6 cm³/mol. The van der Waals surface area contributed by atoms with Gasteiger partial charge in [-0.15, -0.1) is 0 Å². The lowest BCUT2D eigenvalue weighted by Crippen LogP contribution is -2.34. The third-order valence-corrected chi connectivity index (χ3v) is 3.36. The zero-order chi connectivity index (χ0) is 9.43. The highest BCUT2D eigenvalue weighted by Crippen LogP contribution is 2.42.